The molecule has 158 valence electrons. The normalized spacial score (nSPS) is 10.7. The molecule has 4 rings (SSSR count). The predicted octanol–water partition coefficient (Wildman–Crippen LogP) is 3.65. The summed E-state index contributed by atoms with van der Waals surface area (Å²) < 4.78 is 6.96. The minimum Gasteiger partial charge on any atom is -0.484 e. The first-order valence-corrected chi connectivity index (χ1v) is 10.7. The van der Waals surface area contributed by atoms with Gasteiger partial charge in [-0.25, -0.2) is 4.98 Å². The van der Waals surface area contributed by atoms with Crippen molar-refractivity contribution in [3.05, 3.63) is 76.0 Å². The molecule has 0 bridgehead atoms. The fraction of sp³-hybridized carbons (Fsp3) is 0.182. The van der Waals surface area contributed by atoms with E-state index in [-0.39, 0.29) is 24.0 Å². The van der Waals surface area contributed by atoms with Gasteiger partial charge in [0, 0.05) is 17.8 Å². The smallest absolute Gasteiger partial charge is 0.263 e. The zero-order valence-electron chi connectivity index (χ0n) is 16.9. The Morgan fingerprint density at radius 2 is 2.03 bits per heavy atom. The Kier molecular flexibility index (Phi) is 6.23. The maximum Gasteiger partial charge on any atom is 0.263 e. The fourth-order valence-corrected chi connectivity index (χ4v) is 3.68. The van der Waals surface area contributed by atoms with Gasteiger partial charge in [0.1, 0.15) is 17.3 Å². The molecule has 1 amide bonds. The fourth-order valence-electron chi connectivity index (χ4n) is 3.00. The highest BCUT2D eigenvalue weighted by Crippen LogP contribution is 2.27. The number of benzene rings is 1. The van der Waals surface area contributed by atoms with Crippen LogP contribution in [-0.2, 0) is 11.2 Å². The van der Waals surface area contributed by atoms with Crippen LogP contribution in [0.2, 0.25) is 0 Å². The summed E-state index contributed by atoms with van der Waals surface area (Å²) in [7, 11) is 0. The number of anilines is 1. The molecule has 0 saturated carbocycles. The number of hydrogen-bond acceptors (Lipinski definition) is 6. The number of aryl methyl sites for hydroxylation is 1. The topological polar surface area (TPSA) is 102 Å². The van der Waals surface area contributed by atoms with Gasteiger partial charge in [0.05, 0.1) is 4.88 Å². The van der Waals surface area contributed by atoms with Crippen molar-refractivity contribution in [2.75, 3.05) is 11.9 Å². The second-order valence-electron chi connectivity index (χ2n) is 6.76. The first-order chi connectivity index (χ1) is 15.1. The summed E-state index contributed by atoms with van der Waals surface area (Å²) in [6.07, 6.45) is 1.53. The molecule has 1 aromatic carbocycles. The van der Waals surface area contributed by atoms with Crippen molar-refractivity contribution >= 4 is 23.1 Å². The molecule has 0 saturated heterocycles. The molecule has 0 fully saturated rings. The molecule has 2 N–H and O–H groups in total. The van der Waals surface area contributed by atoms with E-state index < -0.39 is 0 Å². The molecular formula is C22H21N5O3S. The van der Waals surface area contributed by atoms with E-state index in [4.69, 9.17) is 4.74 Å². The molecule has 0 atom stereocenters. The highest BCUT2D eigenvalue weighted by molar-refractivity contribution is 7.13. The van der Waals surface area contributed by atoms with E-state index in [1.165, 1.54) is 22.1 Å². The minimum atomic E-state index is -0.352. The highest BCUT2D eigenvalue weighted by Gasteiger charge is 2.17. The zero-order chi connectivity index (χ0) is 21.6. The van der Waals surface area contributed by atoms with E-state index in [9.17, 15) is 9.59 Å². The summed E-state index contributed by atoms with van der Waals surface area (Å²) in [6, 6.07) is 16.2. The Morgan fingerprint density at radius 3 is 2.77 bits per heavy atom. The Balaban J connectivity index is 1.63. The zero-order valence-corrected chi connectivity index (χ0v) is 17.7. The average molecular weight is 436 g/mol. The lowest BCUT2D eigenvalue weighted by Crippen LogP contribution is -2.23. The summed E-state index contributed by atoms with van der Waals surface area (Å²) in [6.45, 7) is 1.85. The number of aromatic nitrogens is 4. The van der Waals surface area contributed by atoms with E-state index in [2.05, 4.69) is 20.4 Å². The van der Waals surface area contributed by atoms with Crippen molar-refractivity contribution in [2.24, 2.45) is 0 Å². The van der Waals surface area contributed by atoms with Gasteiger partial charge >= 0.3 is 0 Å². The summed E-state index contributed by atoms with van der Waals surface area (Å²) in [5.41, 5.74) is 1.06. The number of thiophene rings is 1. The first-order valence-electron chi connectivity index (χ1n) is 9.84. The van der Waals surface area contributed by atoms with Crippen molar-refractivity contribution < 1.29 is 9.53 Å². The van der Waals surface area contributed by atoms with Gasteiger partial charge in [-0.05, 0) is 30.0 Å². The minimum absolute atomic E-state index is 0.163. The van der Waals surface area contributed by atoms with Crippen molar-refractivity contribution in [1.29, 1.82) is 0 Å². The second-order valence-corrected chi connectivity index (χ2v) is 7.71. The van der Waals surface area contributed by atoms with Gasteiger partial charge in [0.25, 0.3) is 11.5 Å². The third kappa shape index (κ3) is 5.07. The SMILES string of the molecule is CCCc1cc(=O)[nH]c(-n2nc(-c3cccs3)cc2NC(=O)COc2ccccc2)n1. The largest absolute Gasteiger partial charge is 0.484 e. The third-order valence-corrected chi connectivity index (χ3v) is 5.24. The van der Waals surface area contributed by atoms with Gasteiger partial charge in [-0.2, -0.15) is 9.78 Å². The molecule has 0 aliphatic rings. The monoisotopic (exact) mass is 435 g/mol. The standard InChI is InChI=1S/C22H21N5O3S/c1-2-7-15-12-20(28)25-22(23-15)27-19(13-17(26-27)18-10-6-11-31-18)24-21(29)14-30-16-8-4-3-5-9-16/h3-6,8-13H,2,7,14H2,1H3,(H,24,29)(H,23,25,28). The molecule has 31 heavy (non-hydrogen) atoms. The van der Waals surface area contributed by atoms with E-state index in [0.717, 1.165) is 11.3 Å². The average Bonchev–Trinajstić information content (AvgIpc) is 3.43. The Morgan fingerprint density at radius 1 is 1.19 bits per heavy atom. The van der Waals surface area contributed by atoms with Crippen LogP contribution < -0.4 is 15.6 Å². The molecule has 4 aromatic rings. The summed E-state index contributed by atoms with van der Waals surface area (Å²) >= 11 is 1.53. The number of H-pyrrole nitrogens is 1. The van der Waals surface area contributed by atoms with Gasteiger partial charge in [0.2, 0.25) is 5.95 Å². The lowest BCUT2D eigenvalue weighted by atomic mass is 10.2. The predicted molar refractivity (Wildman–Crippen MR) is 120 cm³/mol. The number of ether oxygens (including phenoxy) is 1. The lowest BCUT2D eigenvalue weighted by Gasteiger charge is -2.10. The summed E-state index contributed by atoms with van der Waals surface area (Å²) in [4.78, 5) is 32.8. The molecule has 0 radical (unpaired) electrons. The van der Waals surface area contributed by atoms with E-state index in [0.29, 0.717) is 29.4 Å². The number of nitrogens with zero attached hydrogens (tertiary/aromatic N) is 3. The lowest BCUT2D eigenvalue weighted by molar-refractivity contribution is -0.118. The molecule has 0 spiro atoms. The number of aromatic amines is 1. The summed E-state index contributed by atoms with van der Waals surface area (Å²) in [5.74, 6) is 0.887. The van der Waals surface area contributed by atoms with Crippen LogP contribution in [0.25, 0.3) is 16.5 Å². The van der Waals surface area contributed by atoms with Crippen molar-refractivity contribution in [1.82, 2.24) is 19.7 Å². The number of rotatable bonds is 8. The van der Waals surface area contributed by atoms with Gasteiger partial charge in [-0.1, -0.05) is 37.6 Å². The van der Waals surface area contributed by atoms with Gasteiger partial charge in [-0.3, -0.25) is 14.6 Å². The van der Waals surface area contributed by atoms with Gasteiger partial charge in [-0.15, -0.1) is 11.3 Å². The molecule has 0 aliphatic carbocycles. The van der Waals surface area contributed by atoms with Gasteiger partial charge < -0.3 is 10.1 Å². The molecule has 8 nitrogen and oxygen atoms in total. The number of para-hydroxylation sites is 1. The van der Waals surface area contributed by atoms with Crippen LogP contribution in [0.3, 0.4) is 0 Å². The van der Waals surface area contributed by atoms with E-state index in [1.54, 1.807) is 18.2 Å². The molecule has 9 heteroatoms. The maximum atomic E-state index is 12.5. The summed E-state index contributed by atoms with van der Waals surface area (Å²) in [5, 5.41) is 9.33. The van der Waals surface area contributed by atoms with Crippen LogP contribution in [0, 0.1) is 0 Å². The second kappa shape index (κ2) is 9.40. The molecule has 0 unspecified atom stereocenters. The quantitative estimate of drug-likeness (QED) is 0.440. The number of carbonyl (C=O) groups excluding carboxylic acids is 1. The number of amides is 1. The third-order valence-electron chi connectivity index (χ3n) is 4.35. The van der Waals surface area contributed by atoms with Crippen LogP contribution in [0.15, 0.2) is 64.8 Å². The number of carbonyl (C=O) groups is 1. The first kappa shape index (κ1) is 20.5. The maximum absolute atomic E-state index is 12.5. The van der Waals surface area contributed by atoms with E-state index in [1.807, 2.05) is 42.6 Å². The highest BCUT2D eigenvalue weighted by atomic mass is 32.1. The Bertz CT molecular complexity index is 1220. The van der Waals surface area contributed by atoms with Crippen LogP contribution >= 0.6 is 11.3 Å². The van der Waals surface area contributed by atoms with Crippen molar-refractivity contribution in [3.8, 4) is 22.3 Å². The van der Waals surface area contributed by atoms with E-state index >= 15 is 0 Å². The number of hydrogen-bond donors (Lipinski definition) is 2. The Hall–Kier alpha value is -3.72. The van der Waals surface area contributed by atoms with Crippen LogP contribution in [-0.4, -0.2) is 32.3 Å². The van der Waals surface area contributed by atoms with Crippen LogP contribution in [0.5, 0.6) is 5.75 Å². The number of nitrogens with one attached hydrogen (secondary N) is 2. The van der Waals surface area contributed by atoms with Crippen molar-refractivity contribution in [2.45, 2.75) is 19.8 Å². The van der Waals surface area contributed by atoms with Crippen molar-refractivity contribution in [3.63, 3.8) is 0 Å². The Labute approximate surface area is 182 Å². The molecule has 3 heterocycles. The molecule has 0 aliphatic heterocycles. The molecule has 3 aromatic heterocycles. The van der Waals surface area contributed by atoms with Gasteiger partial charge in [0.15, 0.2) is 6.61 Å². The van der Waals surface area contributed by atoms with Crippen LogP contribution in [0.4, 0.5) is 5.82 Å². The van der Waals surface area contributed by atoms with Crippen LogP contribution in [0.1, 0.15) is 19.0 Å². The molecular weight excluding hydrogens is 414 g/mol.